The van der Waals surface area contributed by atoms with Gasteiger partial charge in [-0.25, -0.2) is 0 Å². The Hall–Kier alpha value is -0.820. The van der Waals surface area contributed by atoms with Crippen molar-refractivity contribution >= 4 is 0 Å². The van der Waals surface area contributed by atoms with Gasteiger partial charge in [0.1, 0.15) is 0 Å². The average Bonchev–Trinajstić information content (AvgIpc) is 3.08. The standard InChI is InChI=1S/C17H27N/c1-5-6-16-11-17(16)18-13(4)15-9-7-14(8-10-15)12(2)3/h7-10,12-13,16-18H,5-6,11H2,1-4H3. The zero-order chi connectivity index (χ0) is 13.1. The van der Waals surface area contributed by atoms with Gasteiger partial charge in [-0.15, -0.1) is 0 Å². The largest absolute Gasteiger partial charge is 0.307 e. The summed E-state index contributed by atoms with van der Waals surface area (Å²) in [4.78, 5) is 0. The minimum atomic E-state index is 0.484. The maximum atomic E-state index is 3.75. The minimum absolute atomic E-state index is 0.484. The van der Waals surface area contributed by atoms with Gasteiger partial charge in [-0.3, -0.25) is 0 Å². The van der Waals surface area contributed by atoms with E-state index in [1.165, 1.54) is 30.4 Å². The van der Waals surface area contributed by atoms with Gasteiger partial charge >= 0.3 is 0 Å². The van der Waals surface area contributed by atoms with E-state index in [0.717, 1.165) is 12.0 Å². The Balaban J connectivity index is 1.87. The molecule has 18 heavy (non-hydrogen) atoms. The quantitative estimate of drug-likeness (QED) is 0.769. The maximum absolute atomic E-state index is 3.75. The summed E-state index contributed by atoms with van der Waals surface area (Å²) in [6.07, 6.45) is 4.08. The van der Waals surface area contributed by atoms with E-state index in [4.69, 9.17) is 0 Å². The first-order chi connectivity index (χ1) is 8.61. The first-order valence-corrected chi connectivity index (χ1v) is 7.47. The number of benzene rings is 1. The van der Waals surface area contributed by atoms with Crippen molar-refractivity contribution in [2.45, 2.75) is 65.0 Å². The molecule has 0 saturated heterocycles. The van der Waals surface area contributed by atoms with E-state index in [1.807, 2.05) is 0 Å². The average molecular weight is 245 g/mol. The van der Waals surface area contributed by atoms with E-state index in [-0.39, 0.29) is 0 Å². The SMILES string of the molecule is CCCC1CC1NC(C)c1ccc(C(C)C)cc1. The molecule has 1 heteroatoms. The smallest absolute Gasteiger partial charge is 0.0294 e. The first-order valence-electron chi connectivity index (χ1n) is 7.47. The van der Waals surface area contributed by atoms with Crippen LogP contribution in [0.5, 0.6) is 0 Å². The molecule has 0 aliphatic heterocycles. The van der Waals surface area contributed by atoms with E-state index >= 15 is 0 Å². The molecule has 3 atom stereocenters. The van der Waals surface area contributed by atoms with Gasteiger partial charge in [-0.1, -0.05) is 51.5 Å². The highest BCUT2D eigenvalue weighted by Gasteiger charge is 2.36. The Kier molecular flexibility index (Phi) is 4.45. The van der Waals surface area contributed by atoms with Crippen molar-refractivity contribution in [3.05, 3.63) is 35.4 Å². The molecule has 0 bridgehead atoms. The third-order valence-electron chi connectivity index (χ3n) is 4.15. The molecule has 1 saturated carbocycles. The fraction of sp³-hybridized carbons (Fsp3) is 0.647. The molecule has 0 spiro atoms. The Morgan fingerprint density at radius 1 is 1.11 bits per heavy atom. The summed E-state index contributed by atoms with van der Waals surface area (Å²) in [6.45, 7) is 9.06. The van der Waals surface area contributed by atoms with Gasteiger partial charge < -0.3 is 5.32 Å². The Bertz CT molecular complexity index is 366. The fourth-order valence-corrected chi connectivity index (χ4v) is 2.73. The molecular formula is C17H27N. The van der Waals surface area contributed by atoms with Crippen LogP contribution in [0, 0.1) is 5.92 Å². The topological polar surface area (TPSA) is 12.0 Å². The maximum Gasteiger partial charge on any atom is 0.0294 e. The summed E-state index contributed by atoms with van der Waals surface area (Å²) in [6, 6.07) is 10.4. The van der Waals surface area contributed by atoms with Crippen molar-refractivity contribution in [3.8, 4) is 0 Å². The first kappa shape index (κ1) is 13.6. The molecule has 1 aliphatic carbocycles. The van der Waals surface area contributed by atoms with Crippen LogP contribution in [-0.2, 0) is 0 Å². The second-order valence-electron chi connectivity index (χ2n) is 6.10. The lowest BCUT2D eigenvalue weighted by atomic mass is 9.99. The predicted molar refractivity (Wildman–Crippen MR) is 78.9 cm³/mol. The molecule has 0 amide bonds. The fourth-order valence-electron chi connectivity index (χ4n) is 2.73. The summed E-state index contributed by atoms with van der Waals surface area (Å²) in [5, 5.41) is 3.75. The van der Waals surface area contributed by atoms with Gasteiger partial charge in [0.25, 0.3) is 0 Å². The van der Waals surface area contributed by atoms with E-state index < -0.39 is 0 Å². The highest BCUT2D eigenvalue weighted by Crippen LogP contribution is 2.36. The molecule has 1 N–H and O–H groups in total. The van der Waals surface area contributed by atoms with Crippen molar-refractivity contribution in [2.24, 2.45) is 5.92 Å². The van der Waals surface area contributed by atoms with Gasteiger partial charge in [0.2, 0.25) is 0 Å². The minimum Gasteiger partial charge on any atom is -0.307 e. The van der Waals surface area contributed by atoms with Gasteiger partial charge in [-0.2, -0.15) is 0 Å². The molecule has 0 heterocycles. The summed E-state index contributed by atoms with van der Waals surface area (Å²) in [5.74, 6) is 1.56. The molecular weight excluding hydrogens is 218 g/mol. The molecule has 3 unspecified atom stereocenters. The van der Waals surface area contributed by atoms with Gasteiger partial charge in [0, 0.05) is 12.1 Å². The van der Waals surface area contributed by atoms with Crippen LogP contribution in [0.1, 0.15) is 70.0 Å². The number of nitrogens with one attached hydrogen (secondary N) is 1. The van der Waals surface area contributed by atoms with E-state index in [1.54, 1.807) is 0 Å². The van der Waals surface area contributed by atoms with Gasteiger partial charge in [-0.05, 0) is 42.7 Å². The van der Waals surface area contributed by atoms with Crippen LogP contribution in [0.2, 0.25) is 0 Å². The number of rotatable bonds is 6. The van der Waals surface area contributed by atoms with E-state index in [0.29, 0.717) is 12.0 Å². The van der Waals surface area contributed by atoms with Crippen LogP contribution < -0.4 is 5.32 Å². The van der Waals surface area contributed by atoms with Crippen molar-refractivity contribution < 1.29 is 0 Å². The summed E-state index contributed by atoms with van der Waals surface area (Å²) in [5.41, 5.74) is 2.85. The van der Waals surface area contributed by atoms with Gasteiger partial charge in [0.15, 0.2) is 0 Å². The molecule has 0 aromatic heterocycles. The Morgan fingerprint density at radius 3 is 2.28 bits per heavy atom. The normalized spacial score (nSPS) is 24.3. The molecule has 100 valence electrons. The summed E-state index contributed by atoms with van der Waals surface area (Å²) < 4.78 is 0. The van der Waals surface area contributed by atoms with Crippen molar-refractivity contribution in [3.63, 3.8) is 0 Å². The van der Waals surface area contributed by atoms with E-state index in [9.17, 15) is 0 Å². The molecule has 1 aromatic carbocycles. The van der Waals surface area contributed by atoms with Gasteiger partial charge in [0.05, 0.1) is 0 Å². The molecule has 1 fully saturated rings. The molecule has 1 aliphatic rings. The van der Waals surface area contributed by atoms with Crippen molar-refractivity contribution in [2.75, 3.05) is 0 Å². The van der Waals surface area contributed by atoms with E-state index in [2.05, 4.69) is 57.3 Å². The molecule has 1 nitrogen and oxygen atoms in total. The lowest BCUT2D eigenvalue weighted by Crippen LogP contribution is -2.22. The van der Waals surface area contributed by atoms with Crippen molar-refractivity contribution in [1.82, 2.24) is 5.32 Å². The predicted octanol–water partition coefficient (Wildman–Crippen LogP) is 4.65. The van der Waals surface area contributed by atoms with Crippen LogP contribution in [0.3, 0.4) is 0 Å². The third-order valence-corrected chi connectivity index (χ3v) is 4.15. The van der Waals surface area contributed by atoms with Crippen LogP contribution in [-0.4, -0.2) is 6.04 Å². The Morgan fingerprint density at radius 2 is 1.72 bits per heavy atom. The second-order valence-corrected chi connectivity index (χ2v) is 6.10. The lowest BCUT2D eigenvalue weighted by molar-refractivity contribution is 0.530. The molecule has 2 rings (SSSR count). The third kappa shape index (κ3) is 3.35. The van der Waals surface area contributed by atoms with Crippen LogP contribution in [0.25, 0.3) is 0 Å². The second kappa shape index (κ2) is 5.88. The lowest BCUT2D eigenvalue weighted by Gasteiger charge is -2.15. The number of hydrogen-bond donors (Lipinski definition) is 1. The highest BCUT2D eigenvalue weighted by atomic mass is 15.0. The summed E-state index contributed by atoms with van der Waals surface area (Å²) >= 11 is 0. The zero-order valence-electron chi connectivity index (χ0n) is 12.2. The highest BCUT2D eigenvalue weighted by molar-refractivity contribution is 5.26. The van der Waals surface area contributed by atoms with Crippen molar-refractivity contribution in [1.29, 1.82) is 0 Å². The molecule has 1 aromatic rings. The Labute approximate surface area is 112 Å². The van der Waals surface area contributed by atoms with Crippen LogP contribution in [0.4, 0.5) is 0 Å². The summed E-state index contributed by atoms with van der Waals surface area (Å²) in [7, 11) is 0. The molecule has 0 radical (unpaired) electrons. The van der Waals surface area contributed by atoms with Crippen LogP contribution in [0.15, 0.2) is 24.3 Å². The monoisotopic (exact) mass is 245 g/mol. The number of hydrogen-bond acceptors (Lipinski definition) is 1. The zero-order valence-corrected chi connectivity index (χ0v) is 12.2. The van der Waals surface area contributed by atoms with Crippen LogP contribution >= 0.6 is 0 Å².